The van der Waals surface area contributed by atoms with Gasteiger partial charge in [0.1, 0.15) is 5.75 Å². The first kappa shape index (κ1) is 19.8. The highest BCUT2D eigenvalue weighted by molar-refractivity contribution is 7.85. The molecule has 5 heteroatoms. The van der Waals surface area contributed by atoms with Gasteiger partial charge in [0.05, 0.1) is 34.4 Å². The van der Waals surface area contributed by atoms with E-state index in [0.717, 1.165) is 16.9 Å². The number of carbonyl (C=O) groups excluding carboxylic acids is 1. The van der Waals surface area contributed by atoms with Gasteiger partial charge in [-0.25, -0.2) is 0 Å². The van der Waals surface area contributed by atoms with Crippen LogP contribution in [0, 0.1) is 0 Å². The zero-order valence-corrected chi connectivity index (χ0v) is 16.7. The van der Waals surface area contributed by atoms with Crippen LogP contribution in [0.25, 0.3) is 0 Å². The fourth-order valence-corrected chi connectivity index (χ4v) is 3.97. The van der Waals surface area contributed by atoms with Crippen LogP contribution in [-0.4, -0.2) is 23.0 Å². The van der Waals surface area contributed by atoms with Gasteiger partial charge in [-0.15, -0.1) is 0 Å². The number of amides is 1. The average molecular weight is 394 g/mol. The van der Waals surface area contributed by atoms with Gasteiger partial charge in [-0.1, -0.05) is 61.5 Å². The summed E-state index contributed by atoms with van der Waals surface area (Å²) >= 11 is 0. The van der Waals surface area contributed by atoms with Crippen LogP contribution in [0.3, 0.4) is 0 Å². The second kappa shape index (κ2) is 9.33. The number of rotatable bonds is 7. The predicted octanol–water partition coefficient (Wildman–Crippen LogP) is 4.34. The smallest absolute Gasteiger partial charge is 0.253 e. The Labute approximate surface area is 168 Å². The molecule has 1 N–H and O–H groups in total. The van der Waals surface area contributed by atoms with Crippen LogP contribution in [0.15, 0.2) is 83.8 Å². The molecule has 1 amide bonds. The van der Waals surface area contributed by atoms with Crippen LogP contribution in [0.5, 0.6) is 5.75 Å². The zero-order valence-electron chi connectivity index (χ0n) is 15.9. The number of nitrogens with one attached hydrogen (secondary N) is 1. The van der Waals surface area contributed by atoms with Crippen molar-refractivity contribution in [3.63, 3.8) is 0 Å². The fourth-order valence-electron chi connectivity index (χ4n) is 3.02. The molecule has 144 valence electrons. The van der Waals surface area contributed by atoms with E-state index >= 15 is 0 Å². The van der Waals surface area contributed by atoms with Crippen LogP contribution in [0.2, 0.25) is 0 Å². The quantitative estimate of drug-likeness (QED) is 0.650. The van der Waals surface area contributed by atoms with Crippen LogP contribution in [0.4, 0.5) is 0 Å². The fraction of sp³-hybridized carbons (Fsp3) is 0.174. The molecule has 2 atom stereocenters. The first-order chi connectivity index (χ1) is 13.6. The third-order valence-corrected chi connectivity index (χ3v) is 5.87. The van der Waals surface area contributed by atoms with Gasteiger partial charge in [0.2, 0.25) is 0 Å². The molecule has 0 aromatic heterocycles. The molecule has 3 rings (SSSR count). The summed E-state index contributed by atoms with van der Waals surface area (Å²) in [5.41, 5.74) is 2.35. The van der Waals surface area contributed by atoms with Gasteiger partial charge in [0.15, 0.2) is 0 Å². The number of hydrogen-bond acceptors (Lipinski definition) is 3. The van der Waals surface area contributed by atoms with Gasteiger partial charge in [0.25, 0.3) is 5.91 Å². The third-order valence-electron chi connectivity index (χ3n) is 4.50. The molecule has 0 saturated carbocycles. The molecule has 0 aliphatic carbocycles. The van der Waals surface area contributed by atoms with Crippen molar-refractivity contribution in [2.24, 2.45) is 0 Å². The molecule has 28 heavy (non-hydrogen) atoms. The molecule has 0 spiro atoms. The van der Waals surface area contributed by atoms with E-state index < -0.39 is 10.8 Å². The van der Waals surface area contributed by atoms with E-state index in [1.165, 1.54) is 0 Å². The van der Waals surface area contributed by atoms with Gasteiger partial charge < -0.3 is 10.1 Å². The van der Waals surface area contributed by atoms with E-state index in [-0.39, 0.29) is 11.9 Å². The minimum Gasteiger partial charge on any atom is -0.497 e. The van der Waals surface area contributed by atoms with Crippen molar-refractivity contribution in [2.75, 3.05) is 12.9 Å². The first-order valence-electron chi connectivity index (χ1n) is 9.11. The summed E-state index contributed by atoms with van der Waals surface area (Å²) in [6.45, 7) is 1.84. The Kier molecular flexibility index (Phi) is 6.61. The molecule has 0 aliphatic heterocycles. The highest BCUT2D eigenvalue weighted by Crippen LogP contribution is 2.25. The van der Waals surface area contributed by atoms with Crippen molar-refractivity contribution in [1.29, 1.82) is 0 Å². The number of benzene rings is 3. The largest absolute Gasteiger partial charge is 0.497 e. The van der Waals surface area contributed by atoms with E-state index in [2.05, 4.69) is 5.32 Å². The Balaban J connectivity index is 1.96. The molecule has 0 fully saturated rings. The summed E-state index contributed by atoms with van der Waals surface area (Å²) in [5, 5.41) is 3.11. The number of ether oxygens (including phenoxy) is 1. The molecule has 0 aliphatic rings. The summed E-state index contributed by atoms with van der Waals surface area (Å²) in [7, 11) is 0.413. The summed E-state index contributed by atoms with van der Waals surface area (Å²) in [4.78, 5) is 13.7. The van der Waals surface area contributed by atoms with E-state index in [4.69, 9.17) is 4.74 Å². The predicted molar refractivity (Wildman–Crippen MR) is 112 cm³/mol. The van der Waals surface area contributed by atoms with Crippen LogP contribution >= 0.6 is 0 Å². The first-order valence-corrected chi connectivity index (χ1v) is 10.4. The van der Waals surface area contributed by atoms with Crippen LogP contribution in [0.1, 0.15) is 34.5 Å². The minimum atomic E-state index is -1.21. The van der Waals surface area contributed by atoms with Crippen molar-refractivity contribution in [3.05, 3.63) is 95.6 Å². The molecule has 4 nitrogen and oxygen atoms in total. The second-order valence-electron chi connectivity index (χ2n) is 6.22. The van der Waals surface area contributed by atoms with Crippen molar-refractivity contribution in [3.8, 4) is 5.75 Å². The Morgan fingerprint density at radius 2 is 1.54 bits per heavy atom. The minimum absolute atomic E-state index is 0.248. The second-order valence-corrected chi connectivity index (χ2v) is 7.93. The van der Waals surface area contributed by atoms with Crippen molar-refractivity contribution >= 4 is 16.7 Å². The number of methoxy groups -OCH3 is 1. The van der Waals surface area contributed by atoms with Crippen molar-refractivity contribution in [2.45, 2.75) is 17.9 Å². The van der Waals surface area contributed by atoms with E-state index in [9.17, 15) is 9.00 Å². The summed E-state index contributed by atoms with van der Waals surface area (Å²) in [5.74, 6) is 0.970. The van der Waals surface area contributed by atoms with Gasteiger partial charge in [0, 0.05) is 5.75 Å². The molecule has 0 saturated heterocycles. The normalized spacial score (nSPS) is 12.8. The Hall–Kier alpha value is -2.92. The highest BCUT2D eigenvalue weighted by atomic mass is 32.2. The molecule has 0 heterocycles. The standard InChI is InChI=1S/C23H23NO3S/c1-3-28(26)21-12-8-7-11-20(21)23(25)24-22(17-9-5-4-6-10-17)18-13-15-19(27-2)16-14-18/h4-16,22H,3H2,1-2H3,(H,24,25)/t22-,28-/m1/s1. The van der Waals surface area contributed by atoms with E-state index in [1.807, 2.05) is 61.5 Å². The average Bonchev–Trinajstić information content (AvgIpc) is 2.77. The maximum absolute atomic E-state index is 13.1. The van der Waals surface area contributed by atoms with Crippen molar-refractivity contribution < 1.29 is 13.7 Å². The van der Waals surface area contributed by atoms with Gasteiger partial charge in [-0.2, -0.15) is 0 Å². The number of hydrogen-bond donors (Lipinski definition) is 1. The summed E-state index contributed by atoms with van der Waals surface area (Å²) in [6, 6.07) is 24.1. The lowest BCUT2D eigenvalue weighted by Gasteiger charge is -2.21. The van der Waals surface area contributed by atoms with E-state index in [0.29, 0.717) is 16.2 Å². The highest BCUT2D eigenvalue weighted by Gasteiger charge is 2.21. The number of carbonyl (C=O) groups is 1. The van der Waals surface area contributed by atoms with Crippen LogP contribution in [-0.2, 0) is 10.8 Å². The van der Waals surface area contributed by atoms with Crippen LogP contribution < -0.4 is 10.1 Å². The molecule has 0 unspecified atom stereocenters. The Morgan fingerprint density at radius 3 is 2.18 bits per heavy atom. The molecule has 0 radical (unpaired) electrons. The van der Waals surface area contributed by atoms with Gasteiger partial charge in [-0.05, 0) is 35.4 Å². The third kappa shape index (κ3) is 4.49. The lowest BCUT2D eigenvalue weighted by molar-refractivity contribution is 0.0940. The Morgan fingerprint density at radius 1 is 0.929 bits per heavy atom. The lowest BCUT2D eigenvalue weighted by atomic mass is 9.98. The maximum atomic E-state index is 13.1. The SMILES string of the molecule is CC[S@@](=O)c1ccccc1C(=O)N[C@H](c1ccccc1)c1ccc(OC)cc1. The van der Waals surface area contributed by atoms with Crippen molar-refractivity contribution in [1.82, 2.24) is 5.32 Å². The molecular formula is C23H23NO3S. The zero-order chi connectivity index (χ0) is 19.9. The van der Waals surface area contributed by atoms with E-state index in [1.54, 1.807) is 31.4 Å². The molecule has 0 bridgehead atoms. The van der Waals surface area contributed by atoms with Gasteiger partial charge >= 0.3 is 0 Å². The molecule has 3 aromatic carbocycles. The van der Waals surface area contributed by atoms with Gasteiger partial charge in [-0.3, -0.25) is 9.00 Å². The monoisotopic (exact) mass is 393 g/mol. The summed E-state index contributed by atoms with van der Waals surface area (Å²) in [6.07, 6.45) is 0. The molecule has 3 aromatic rings. The Bertz CT molecular complexity index is 955. The summed E-state index contributed by atoms with van der Waals surface area (Å²) < 4.78 is 17.6. The topological polar surface area (TPSA) is 55.4 Å². The maximum Gasteiger partial charge on any atom is 0.253 e. The molecular weight excluding hydrogens is 370 g/mol. The lowest BCUT2D eigenvalue weighted by Crippen LogP contribution is -2.30.